The minimum atomic E-state index is -4.67. The van der Waals surface area contributed by atoms with E-state index in [0.717, 1.165) is 19.1 Å². The van der Waals surface area contributed by atoms with E-state index in [1.165, 1.54) is 89.9 Å². The molecule has 5 nitrogen and oxygen atoms in total. The van der Waals surface area contributed by atoms with Gasteiger partial charge in [-0.2, -0.15) is 8.42 Å². The summed E-state index contributed by atoms with van der Waals surface area (Å²) in [6, 6.07) is 0. The minimum Gasteiger partial charge on any atom is -1.00 e. The smallest absolute Gasteiger partial charge is 1.00 e. The molecule has 7 heteroatoms. The zero-order valence-corrected chi connectivity index (χ0v) is 19.2. The fourth-order valence-corrected chi connectivity index (χ4v) is 2.60. The zero-order valence-electron chi connectivity index (χ0n) is 17.4. The third-order valence-electron chi connectivity index (χ3n) is 3.93. The number of hydrogen-bond donors (Lipinski definition) is 2. The van der Waals surface area contributed by atoms with Crippen LogP contribution in [0, 0.1) is 0 Å². The molecule has 0 heterocycles. The van der Waals surface area contributed by atoms with E-state index < -0.39 is 10.4 Å². The summed E-state index contributed by atoms with van der Waals surface area (Å²) in [5, 5.41) is 0. The Bertz CT molecular complexity index is 345. The standard InChI is InChI=1S/C18H36O.Na.H2O4S.H/c1-2-3-4-5-6-7-8-9-10-11-12-13-14-15-16-17-18-19;;1-5(2,3)4;/h18H,2-17H2,1H3;;(H2,1,2,3,4);/q;+1;;-1. The van der Waals surface area contributed by atoms with Crippen LogP contribution >= 0.6 is 0 Å². The molecule has 0 saturated heterocycles. The van der Waals surface area contributed by atoms with Gasteiger partial charge in [-0.05, 0) is 6.42 Å². The van der Waals surface area contributed by atoms with Crippen molar-refractivity contribution in [3.8, 4) is 0 Å². The van der Waals surface area contributed by atoms with Crippen LogP contribution in [0.2, 0.25) is 0 Å². The molecule has 25 heavy (non-hydrogen) atoms. The SMILES string of the molecule is CCCCCCCCCCCCCCCCCC=O.O=S(=O)(O)O.[H-].[Na+]. The van der Waals surface area contributed by atoms with Gasteiger partial charge in [0.25, 0.3) is 0 Å². The first kappa shape index (κ1) is 30.3. The summed E-state index contributed by atoms with van der Waals surface area (Å²) in [6.07, 6.45) is 22.6. The van der Waals surface area contributed by atoms with Crippen molar-refractivity contribution in [3.63, 3.8) is 0 Å². The molecular formula is C18H39NaO5S. The molecule has 2 N–H and O–H groups in total. The number of unbranched alkanes of at least 4 members (excludes halogenated alkanes) is 15. The normalized spacial score (nSPS) is 10.5. The third-order valence-corrected chi connectivity index (χ3v) is 3.93. The van der Waals surface area contributed by atoms with E-state index >= 15 is 0 Å². The molecule has 0 unspecified atom stereocenters. The molecule has 0 radical (unpaired) electrons. The molecule has 0 aromatic rings. The Morgan fingerprint density at radius 2 is 0.920 bits per heavy atom. The molecule has 0 rings (SSSR count). The average Bonchev–Trinajstić information content (AvgIpc) is 2.49. The molecule has 0 bridgehead atoms. The largest absolute Gasteiger partial charge is 1.00 e. The van der Waals surface area contributed by atoms with Crippen LogP contribution in [-0.4, -0.2) is 23.8 Å². The van der Waals surface area contributed by atoms with Gasteiger partial charge in [-0.1, -0.05) is 96.8 Å². The van der Waals surface area contributed by atoms with Gasteiger partial charge in [0.2, 0.25) is 0 Å². The Labute approximate surface area is 179 Å². The van der Waals surface area contributed by atoms with Crippen LogP contribution < -0.4 is 29.6 Å². The average molecular weight is 391 g/mol. The van der Waals surface area contributed by atoms with E-state index in [0.29, 0.717) is 0 Å². The summed E-state index contributed by atoms with van der Waals surface area (Å²) in [7, 11) is -4.67. The molecule has 148 valence electrons. The van der Waals surface area contributed by atoms with Crippen molar-refractivity contribution in [2.24, 2.45) is 0 Å². The molecule has 0 aliphatic heterocycles. The van der Waals surface area contributed by atoms with Crippen LogP contribution in [0.25, 0.3) is 0 Å². The van der Waals surface area contributed by atoms with Gasteiger partial charge < -0.3 is 6.22 Å². The van der Waals surface area contributed by atoms with Crippen molar-refractivity contribution in [1.82, 2.24) is 0 Å². The quantitative estimate of drug-likeness (QED) is 0.183. The summed E-state index contributed by atoms with van der Waals surface area (Å²) in [6.45, 7) is 2.28. The van der Waals surface area contributed by atoms with Gasteiger partial charge in [0.15, 0.2) is 0 Å². The van der Waals surface area contributed by atoms with E-state index in [4.69, 9.17) is 17.5 Å². The molecule has 0 amide bonds. The van der Waals surface area contributed by atoms with Crippen molar-refractivity contribution in [2.45, 2.75) is 110 Å². The zero-order chi connectivity index (χ0) is 18.5. The Hall–Kier alpha value is 0.540. The topological polar surface area (TPSA) is 91.7 Å². The predicted octanol–water partition coefficient (Wildman–Crippen LogP) is 2.91. The Balaban J connectivity index is -0.000000304. The molecule has 0 aliphatic carbocycles. The van der Waals surface area contributed by atoms with Crippen molar-refractivity contribution in [3.05, 3.63) is 0 Å². The second-order valence-electron chi connectivity index (χ2n) is 6.35. The number of carbonyl (C=O) groups is 1. The summed E-state index contributed by atoms with van der Waals surface area (Å²) >= 11 is 0. The number of carbonyl (C=O) groups excluding carboxylic acids is 1. The Morgan fingerprint density at radius 3 is 1.16 bits per heavy atom. The maximum atomic E-state index is 10.1. The van der Waals surface area contributed by atoms with Gasteiger partial charge in [-0.15, -0.1) is 0 Å². The van der Waals surface area contributed by atoms with Crippen LogP contribution in [0.15, 0.2) is 0 Å². The first-order chi connectivity index (χ1) is 11.4. The van der Waals surface area contributed by atoms with Crippen LogP contribution in [0.5, 0.6) is 0 Å². The molecular weight excluding hydrogens is 351 g/mol. The maximum Gasteiger partial charge on any atom is 1.00 e. The predicted molar refractivity (Wildman–Crippen MR) is 101 cm³/mol. The summed E-state index contributed by atoms with van der Waals surface area (Å²) in [5.74, 6) is 0. The van der Waals surface area contributed by atoms with Gasteiger partial charge in [0.05, 0.1) is 0 Å². The summed E-state index contributed by atoms with van der Waals surface area (Å²) in [5.41, 5.74) is 0. The second-order valence-corrected chi connectivity index (χ2v) is 7.25. The third kappa shape index (κ3) is 45.6. The second kappa shape index (κ2) is 24.5. The van der Waals surface area contributed by atoms with Gasteiger partial charge in [0, 0.05) is 6.42 Å². The first-order valence-corrected chi connectivity index (χ1v) is 10.9. The molecule has 0 aliphatic rings. The van der Waals surface area contributed by atoms with Crippen LogP contribution in [0.4, 0.5) is 0 Å². The molecule has 0 aromatic heterocycles. The Kier molecular flexibility index (Phi) is 29.7. The van der Waals surface area contributed by atoms with Crippen LogP contribution in [-0.2, 0) is 15.2 Å². The van der Waals surface area contributed by atoms with Gasteiger partial charge >= 0.3 is 40.0 Å². The van der Waals surface area contributed by atoms with Gasteiger partial charge in [-0.3, -0.25) is 9.11 Å². The number of rotatable bonds is 16. The van der Waals surface area contributed by atoms with E-state index in [1.807, 2.05) is 0 Å². The van der Waals surface area contributed by atoms with E-state index in [2.05, 4.69) is 6.92 Å². The molecule has 0 spiro atoms. The van der Waals surface area contributed by atoms with E-state index in [1.54, 1.807) is 0 Å². The van der Waals surface area contributed by atoms with Crippen LogP contribution in [0.3, 0.4) is 0 Å². The van der Waals surface area contributed by atoms with E-state index in [-0.39, 0.29) is 31.0 Å². The first-order valence-electron chi connectivity index (χ1n) is 9.55. The van der Waals surface area contributed by atoms with Crippen molar-refractivity contribution in [1.29, 1.82) is 0 Å². The van der Waals surface area contributed by atoms with Gasteiger partial charge in [-0.25, -0.2) is 0 Å². The molecule has 0 atom stereocenters. The van der Waals surface area contributed by atoms with Crippen molar-refractivity contribution in [2.75, 3.05) is 0 Å². The monoisotopic (exact) mass is 390 g/mol. The van der Waals surface area contributed by atoms with Gasteiger partial charge in [0.1, 0.15) is 6.29 Å². The van der Waals surface area contributed by atoms with E-state index in [9.17, 15) is 4.79 Å². The fourth-order valence-electron chi connectivity index (χ4n) is 2.60. The number of aldehydes is 1. The Morgan fingerprint density at radius 1 is 0.680 bits per heavy atom. The van der Waals surface area contributed by atoms with Crippen LogP contribution in [0.1, 0.15) is 111 Å². The fraction of sp³-hybridized carbons (Fsp3) is 0.944. The molecule has 0 saturated carbocycles. The number of hydrogen-bond acceptors (Lipinski definition) is 3. The summed E-state index contributed by atoms with van der Waals surface area (Å²) in [4.78, 5) is 10.1. The molecule has 0 aromatic carbocycles. The van der Waals surface area contributed by atoms with Crippen molar-refractivity contribution >= 4 is 16.7 Å². The minimum absolute atomic E-state index is 0. The summed E-state index contributed by atoms with van der Waals surface area (Å²) < 4.78 is 31.6. The molecule has 0 fully saturated rings. The maximum absolute atomic E-state index is 10.1. The van der Waals surface area contributed by atoms with Crippen molar-refractivity contribution < 1.29 is 53.3 Å².